The van der Waals surface area contributed by atoms with Crippen LogP contribution in [0.25, 0.3) is 0 Å². The van der Waals surface area contributed by atoms with E-state index < -0.39 is 9.84 Å². The number of hydrogen-bond donors (Lipinski definition) is 1. The van der Waals surface area contributed by atoms with Crippen molar-refractivity contribution in [1.29, 1.82) is 5.26 Å². The minimum absolute atomic E-state index is 0.0588. The zero-order valence-corrected chi connectivity index (χ0v) is 17.3. The SMILES string of the molecule is CS(=O)(=O)C(C#N)=C1N(CCCN2CCCCC2)CCN1C1CCNCC1. The second-order valence-corrected chi connectivity index (χ2v) is 9.91. The second-order valence-electron chi connectivity index (χ2n) is 7.95. The number of hydrogen-bond acceptors (Lipinski definition) is 7. The number of nitrogens with one attached hydrogen (secondary N) is 1. The molecule has 0 spiro atoms. The van der Waals surface area contributed by atoms with Crippen LogP contribution in [0.3, 0.4) is 0 Å². The molecule has 1 N–H and O–H groups in total. The first-order valence-corrected chi connectivity index (χ1v) is 12.2. The minimum Gasteiger partial charge on any atom is -0.355 e. The Morgan fingerprint density at radius 2 is 1.81 bits per heavy atom. The Morgan fingerprint density at radius 3 is 2.44 bits per heavy atom. The zero-order chi connectivity index (χ0) is 19.3. The number of allylic oxidation sites excluding steroid dienone is 1. The topological polar surface area (TPSA) is 79.7 Å². The van der Waals surface area contributed by atoms with Crippen molar-refractivity contribution in [3.8, 4) is 6.07 Å². The fourth-order valence-corrected chi connectivity index (χ4v) is 5.30. The molecule has 0 aromatic carbocycles. The molecule has 152 valence electrons. The quantitative estimate of drug-likeness (QED) is 0.671. The monoisotopic (exact) mass is 395 g/mol. The van der Waals surface area contributed by atoms with Crippen LogP contribution in [-0.4, -0.2) is 87.8 Å². The molecule has 0 aromatic heterocycles. The molecule has 7 nitrogen and oxygen atoms in total. The first-order chi connectivity index (χ1) is 13.0. The summed E-state index contributed by atoms with van der Waals surface area (Å²) in [6, 6.07) is 2.32. The van der Waals surface area contributed by atoms with E-state index in [1.807, 2.05) is 6.07 Å². The summed E-state index contributed by atoms with van der Waals surface area (Å²) in [5, 5.41) is 13.0. The molecule has 3 aliphatic rings. The molecule has 0 radical (unpaired) electrons. The molecule has 3 rings (SSSR count). The number of rotatable bonds is 6. The number of likely N-dealkylation sites (tertiary alicyclic amines) is 1. The third-order valence-electron chi connectivity index (χ3n) is 5.96. The third-order valence-corrected chi connectivity index (χ3v) is 6.97. The number of nitrogens with zero attached hydrogens (tertiary/aromatic N) is 4. The lowest BCUT2D eigenvalue weighted by atomic mass is 10.1. The van der Waals surface area contributed by atoms with Gasteiger partial charge < -0.3 is 20.0 Å². The van der Waals surface area contributed by atoms with Gasteiger partial charge in [0.2, 0.25) is 0 Å². The predicted octanol–water partition coefficient (Wildman–Crippen LogP) is 0.969. The molecule has 0 bridgehead atoms. The number of sulfone groups is 1. The molecular weight excluding hydrogens is 362 g/mol. The Bertz CT molecular complexity index is 673. The fourth-order valence-electron chi connectivity index (χ4n) is 4.55. The maximum atomic E-state index is 12.3. The summed E-state index contributed by atoms with van der Waals surface area (Å²) < 4.78 is 24.6. The Kier molecular flexibility index (Phi) is 7.01. The summed E-state index contributed by atoms with van der Waals surface area (Å²) in [5.41, 5.74) is 0. The van der Waals surface area contributed by atoms with Gasteiger partial charge in [-0.05, 0) is 64.8 Å². The lowest BCUT2D eigenvalue weighted by Gasteiger charge is -2.35. The maximum absolute atomic E-state index is 12.3. The van der Waals surface area contributed by atoms with Gasteiger partial charge in [-0.15, -0.1) is 0 Å². The molecule has 0 aromatic rings. The summed E-state index contributed by atoms with van der Waals surface area (Å²) in [5.74, 6) is 0.658. The lowest BCUT2D eigenvalue weighted by molar-refractivity contribution is 0.203. The van der Waals surface area contributed by atoms with Gasteiger partial charge >= 0.3 is 0 Å². The third kappa shape index (κ3) is 5.15. The predicted molar refractivity (Wildman–Crippen MR) is 107 cm³/mol. The van der Waals surface area contributed by atoms with Crippen LogP contribution in [-0.2, 0) is 9.84 Å². The van der Waals surface area contributed by atoms with E-state index in [4.69, 9.17) is 0 Å². The number of nitriles is 1. The molecule has 0 amide bonds. The van der Waals surface area contributed by atoms with Crippen LogP contribution >= 0.6 is 0 Å². The highest BCUT2D eigenvalue weighted by Crippen LogP contribution is 2.29. The number of piperidine rings is 2. The van der Waals surface area contributed by atoms with Crippen LogP contribution in [0.1, 0.15) is 38.5 Å². The van der Waals surface area contributed by atoms with E-state index in [1.54, 1.807) is 0 Å². The molecule has 3 fully saturated rings. The molecule has 3 heterocycles. The van der Waals surface area contributed by atoms with Crippen LogP contribution in [0.5, 0.6) is 0 Å². The molecule has 3 saturated heterocycles. The smallest absolute Gasteiger partial charge is 0.189 e. The van der Waals surface area contributed by atoms with Gasteiger partial charge in [-0.25, -0.2) is 8.42 Å². The van der Waals surface area contributed by atoms with E-state index in [0.717, 1.165) is 64.8 Å². The lowest BCUT2D eigenvalue weighted by Crippen LogP contribution is -2.42. The molecule has 0 aliphatic carbocycles. The van der Waals surface area contributed by atoms with Crippen molar-refractivity contribution in [3.05, 3.63) is 10.7 Å². The average molecular weight is 396 g/mol. The van der Waals surface area contributed by atoms with Gasteiger partial charge in [-0.3, -0.25) is 0 Å². The van der Waals surface area contributed by atoms with Crippen LogP contribution in [0.2, 0.25) is 0 Å². The Labute approximate surface area is 163 Å². The first-order valence-electron chi connectivity index (χ1n) is 10.3. The van der Waals surface area contributed by atoms with Crippen molar-refractivity contribution >= 4 is 9.84 Å². The molecular formula is C19H33N5O2S. The van der Waals surface area contributed by atoms with Crippen molar-refractivity contribution in [2.24, 2.45) is 0 Å². The Hall–Kier alpha value is -1.30. The fraction of sp³-hybridized carbons (Fsp3) is 0.842. The van der Waals surface area contributed by atoms with Crippen molar-refractivity contribution in [2.75, 3.05) is 58.6 Å². The maximum Gasteiger partial charge on any atom is 0.189 e. The normalized spacial score (nSPS) is 24.9. The van der Waals surface area contributed by atoms with Crippen molar-refractivity contribution in [2.45, 2.75) is 44.6 Å². The van der Waals surface area contributed by atoms with Crippen molar-refractivity contribution in [3.63, 3.8) is 0 Å². The molecule has 8 heteroatoms. The van der Waals surface area contributed by atoms with E-state index in [0.29, 0.717) is 11.9 Å². The van der Waals surface area contributed by atoms with Crippen molar-refractivity contribution in [1.82, 2.24) is 20.0 Å². The van der Waals surface area contributed by atoms with Gasteiger partial charge in [-0.1, -0.05) is 6.42 Å². The van der Waals surface area contributed by atoms with Crippen molar-refractivity contribution < 1.29 is 8.42 Å². The summed E-state index contributed by atoms with van der Waals surface area (Å²) in [6.45, 7) is 7.73. The highest BCUT2D eigenvalue weighted by molar-refractivity contribution is 7.94. The highest BCUT2D eigenvalue weighted by Gasteiger charge is 2.36. The standard InChI is InChI=1S/C19H33N5O2S/c1-27(25,26)18(16-20)19-23(13-5-12-22-10-3-2-4-11-22)14-15-24(19)17-6-8-21-9-7-17/h17,21H,2-15H2,1H3. The van der Waals surface area contributed by atoms with Crippen LogP contribution < -0.4 is 5.32 Å². The zero-order valence-electron chi connectivity index (χ0n) is 16.5. The van der Waals surface area contributed by atoms with Gasteiger partial charge in [0.15, 0.2) is 14.7 Å². The molecule has 27 heavy (non-hydrogen) atoms. The van der Waals surface area contributed by atoms with E-state index >= 15 is 0 Å². The van der Waals surface area contributed by atoms with Crippen LogP contribution in [0.4, 0.5) is 0 Å². The highest BCUT2D eigenvalue weighted by atomic mass is 32.2. The summed E-state index contributed by atoms with van der Waals surface area (Å²) >= 11 is 0. The molecule has 0 saturated carbocycles. The first kappa shape index (κ1) is 20.4. The summed E-state index contributed by atoms with van der Waals surface area (Å²) in [4.78, 5) is 6.79. The van der Waals surface area contributed by atoms with E-state index in [-0.39, 0.29) is 4.91 Å². The van der Waals surface area contributed by atoms with Crippen LogP contribution in [0, 0.1) is 11.3 Å². The van der Waals surface area contributed by atoms with E-state index in [2.05, 4.69) is 20.0 Å². The minimum atomic E-state index is -3.54. The van der Waals surface area contributed by atoms with Gasteiger partial charge in [0.1, 0.15) is 11.9 Å². The average Bonchev–Trinajstić information content (AvgIpc) is 3.06. The van der Waals surface area contributed by atoms with Gasteiger partial charge in [-0.2, -0.15) is 5.26 Å². The van der Waals surface area contributed by atoms with Crippen LogP contribution in [0.15, 0.2) is 10.7 Å². The second kappa shape index (κ2) is 9.26. The molecule has 3 aliphatic heterocycles. The van der Waals surface area contributed by atoms with Gasteiger partial charge in [0.05, 0.1) is 0 Å². The van der Waals surface area contributed by atoms with Gasteiger partial charge in [0.25, 0.3) is 0 Å². The van der Waals surface area contributed by atoms with E-state index in [1.165, 1.54) is 32.4 Å². The Morgan fingerprint density at radius 1 is 1.11 bits per heavy atom. The Balaban J connectivity index is 1.73. The summed E-state index contributed by atoms with van der Waals surface area (Å²) in [6.07, 6.45) is 8.05. The largest absolute Gasteiger partial charge is 0.355 e. The molecule has 0 atom stereocenters. The molecule has 0 unspecified atom stereocenters. The van der Waals surface area contributed by atoms with Gasteiger partial charge in [0, 0.05) is 31.9 Å². The summed E-state index contributed by atoms with van der Waals surface area (Å²) in [7, 11) is -3.54. The van der Waals surface area contributed by atoms with E-state index in [9.17, 15) is 13.7 Å².